The molecule has 0 aliphatic heterocycles. The van der Waals surface area contributed by atoms with Crippen LogP contribution in [0, 0.1) is 11.8 Å². The van der Waals surface area contributed by atoms with Crippen LogP contribution in [0.15, 0.2) is 53.4 Å². The zero-order valence-corrected chi connectivity index (χ0v) is 15.8. The number of primary sulfonamides is 1. The van der Waals surface area contributed by atoms with E-state index >= 15 is 0 Å². The number of hydrogen-bond donors (Lipinski definition) is 3. The maximum Gasteiger partial charge on any atom is 0.238 e. The number of aliphatic hydroxyl groups excluding tert-OH is 1. The van der Waals surface area contributed by atoms with Crippen molar-refractivity contribution in [1.82, 2.24) is 5.32 Å². The normalized spacial score (nSPS) is 19.8. The highest BCUT2D eigenvalue weighted by Crippen LogP contribution is 2.31. The predicted molar refractivity (Wildman–Crippen MR) is 103 cm³/mol. The van der Waals surface area contributed by atoms with Gasteiger partial charge in [0.25, 0.3) is 0 Å². The van der Waals surface area contributed by atoms with Crippen LogP contribution in [0.25, 0.3) is 11.1 Å². The third-order valence-electron chi connectivity index (χ3n) is 5.16. The Labute approximate surface area is 159 Å². The van der Waals surface area contributed by atoms with E-state index in [9.17, 15) is 18.3 Å². The van der Waals surface area contributed by atoms with Gasteiger partial charge in [-0.15, -0.1) is 0 Å². The fourth-order valence-electron chi connectivity index (χ4n) is 3.68. The number of amides is 1. The fraction of sp³-hybridized carbons (Fsp3) is 0.350. The molecule has 1 aliphatic carbocycles. The molecule has 2 aromatic rings. The molecule has 1 fully saturated rings. The second-order valence-corrected chi connectivity index (χ2v) is 8.47. The first-order chi connectivity index (χ1) is 12.9. The van der Waals surface area contributed by atoms with Crippen molar-refractivity contribution in [2.45, 2.75) is 30.7 Å². The monoisotopic (exact) mass is 388 g/mol. The molecule has 27 heavy (non-hydrogen) atoms. The lowest BCUT2D eigenvalue weighted by Gasteiger charge is -2.17. The number of hydrogen-bond acceptors (Lipinski definition) is 4. The van der Waals surface area contributed by atoms with Gasteiger partial charge in [0, 0.05) is 24.6 Å². The molecule has 1 unspecified atom stereocenters. The standard InChI is InChI=1S/C20H24N2O4S/c21-27(25,26)19-7-2-1-5-17(19)15-10-8-14(9-11-15)12-22-20(24)18-6-3-4-16(18)13-23/h1-2,5,7-11,16,18,23H,3-4,6,12-13H2,(H,22,24)(H2,21,25,26)/t16-,18?/m0/s1. The zero-order chi connectivity index (χ0) is 19.4. The van der Waals surface area contributed by atoms with E-state index in [4.69, 9.17) is 5.14 Å². The first-order valence-electron chi connectivity index (χ1n) is 9.00. The van der Waals surface area contributed by atoms with Crippen LogP contribution in [0.4, 0.5) is 0 Å². The van der Waals surface area contributed by atoms with Crippen molar-refractivity contribution in [3.63, 3.8) is 0 Å². The van der Waals surface area contributed by atoms with Gasteiger partial charge in [0.2, 0.25) is 15.9 Å². The second kappa shape index (κ2) is 8.21. The summed E-state index contributed by atoms with van der Waals surface area (Å²) in [7, 11) is -3.81. The van der Waals surface area contributed by atoms with Gasteiger partial charge in [0.05, 0.1) is 4.90 Å². The van der Waals surface area contributed by atoms with Crippen molar-refractivity contribution >= 4 is 15.9 Å². The maximum absolute atomic E-state index is 12.3. The zero-order valence-electron chi connectivity index (χ0n) is 15.0. The minimum atomic E-state index is -3.81. The summed E-state index contributed by atoms with van der Waals surface area (Å²) in [4.78, 5) is 12.4. The SMILES string of the molecule is NS(=O)(=O)c1ccccc1-c1ccc(CNC(=O)C2CCC[C@H]2CO)cc1. The Hall–Kier alpha value is -2.22. The number of carbonyl (C=O) groups excluding carboxylic acids is 1. The summed E-state index contributed by atoms with van der Waals surface area (Å²) in [5, 5.41) is 17.6. The molecule has 7 heteroatoms. The number of aliphatic hydroxyl groups is 1. The molecule has 144 valence electrons. The van der Waals surface area contributed by atoms with Crippen LogP contribution in [0.2, 0.25) is 0 Å². The Morgan fingerprint density at radius 3 is 2.48 bits per heavy atom. The topological polar surface area (TPSA) is 109 Å². The highest BCUT2D eigenvalue weighted by atomic mass is 32.2. The smallest absolute Gasteiger partial charge is 0.238 e. The highest BCUT2D eigenvalue weighted by molar-refractivity contribution is 7.89. The lowest BCUT2D eigenvalue weighted by Crippen LogP contribution is -2.33. The van der Waals surface area contributed by atoms with Gasteiger partial charge in [-0.1, -0.05) is 48.9 Å². The van der Waals surface area contributed by atoms with Crippen LogP contribution in [-0.2, 0) is 21.4 Å². The van der Waals surface area contributed by atoms with E-state index < -0.39 is 10.0 Å². The minimum absolute atomic E-state index is 0.0183. The van der Waals surface area contributed by atoms with Crippen LogP contribution in [0.3, 0.4) is 0 Å². The average Bonchev–Trinajstić information content (AvgIpc) is 3.15. The average molecular weight is 388 g/mol. The van der Waals surface area contributed by atoms with Crippen LogP contribution >= 0.6 is 0 Å². The molecule has 1 saturated carbocycles. The van der Waals surface area contributed by atoms with Gasteiger partial charge in [-0.05, 0) is 36.0 Å². The van der Waals surface area contributed by atoms with E-state index in [0.717, 1.165) is 30.4 Å². The predicted octanol–water partition coefficient (Wildman–Crippen LogP) is 2.03. The van der Waals surface area contributed by atoms with Crippen LogP contribution < -0.4 is 10.5 Å². The van der Waals surface area contributed by atoms with Gasteiger partial charge in [-0.25, -0.2) is 13.6 Å². The number of nitrogens with one attached hydrogen (secondary N) is 1. The third kappa shape index (κ3) is 4.55. The Morgan fingerprint density at radius 1 is 1.11 bits per heavy atom. The van der Waals surface area contributed by atoms with Gasteiger partial charge in [0.1, 0.15) is 0 Å². The van der Waals surface area contributed by atoms with Gasteiger partial charge < -0.3 is 10.4 Å². The summed E-state index contributed by atoms with van der Waals surface area (Å²) in [5.41, 5.74) is 2.21. The van der Waals surface area contributed by atoms with E-state index in [1.165, 1.54) is 6.07 Å². The van der Waals surface area contributed by atoms with E-state index in [0.29, 0.717) is 12.1 Å². The first kappa shape index (κ1) is 19.5. The second-order valence-electron chi connectivity index (χ2n) is 6.94. The molecule has 2 atom stereocenters. The molecule has 1 amide bonds. The van der Waals surface area contributed by atoms with Gasteiger partial charge in [0.15, 0.2) is 0 Å². The molecule has 0 heterocycles. The largest absolute Gasteiger partial charge is 0.396 e. The van der Waals surface area contributed by atoms with Crippen molar-refractivity contribution in [3.8, 4) is 11.1 Å². The molecule has 6 nitrogen and oxygen atoms in total. The maximum atomic E-state index is 12.3. The van der Waals surface area contributed by atoms with E-state index in [1.54, 1.807) is 18.2 Å². The lowest BCUT2D eigenvalue weighted by atomic mass is 9.96. The molecule has 0 saturated heterocycles. The van der Waals surface area contributed by atoms with E-state index in [1.807, 2.05) is 24.3 Å². The van der Waals surface area contributed by atoms with Crippen molar-refractivity contribution in [2.24, 2.45) is 17.0 Å². The fourth-order valence-corrected chi connectivity index (χ4v) is 4.44. The summed E-state index contributed by atoms with van der Waals surface area (Å²) in [6.45, 7) is 0.445. The summed E-state index contributed by atoms with van der Waals surface area (Å²) in [5.74, 6) is -0.0757. The van der Waals surface area contributed by atoms with E-state index in [-0.39, 0.29) is 29.2 Å². The number of nitrogens with two attached hydrogens (primary N) is 1. The van der Waals surface area contributed by atoms with Crippen molar-refractivity contribution in [1.29, 1.82) is 0 Å². The molecule has 0 aromatic heterocycles. The Balaban J connectivity index is 1.69. The molecular formula is C20H24N2O4S. The summed E-state index contributed by atoms with van der Waals surface area (Å²) in [6, 6.07) is 13.9. The number of sulfonamides is 1. The number of benzene rings is 2. The summed E-state index contributed by atoms with van der Waals surface area (Å²) < 4.78 is 23.5. The van der Waals surface area contributed by atoms with E-state index in [2.05, 4.69) is 5.32 Å². The quantitative estimate of drug-likeness (QED) is 0.703. The first-order valence-corrected chi connectivity index (χ1v) is 10.5. The summed E-state index contributed by atoms with van der Waals surface area (Å²) >= 11 is 0. The summed E-state index contributed by atoms with van der Waals surface area (Å²) in [6.07, 6.45) is 2.69. The van der Waals surface area contributed by atoms with Crippen LogP contribution in [-0.4, -0.2) is 26.0 Å². The molecule has 4 N–H and O–H groups in total. The molecule has 1 aliphatic rings. The number of carbonyl (C=O) groups is 1. The van der Waals surface area contributed by atoms with Crippen molar-refractivity contribution in [2.75, 3.05) is 6.61 Å². The van der Waals surface area contributed by atoms with Gasteiger partial charge in [-0.2, -0.15) is 0 Å². The lowest BCUT2D eigenvalue weighted by molar-refractivity contribution is -0.126. The van der Waals surface area contributed by atoms with Gasteiger partial charge in [-0.3, -0.25) is 4.79 Å². The molecule has 3 rings (SSSR count). The van der Waals surface area contributed by atoms with Crippen LogP contribution in [0.1, 0.15) is 24.8 Å². The molecular weight excluding hydrogens is 364 g/mol. The number of rotatable bonds is 6. The van der Waals surface area contributed by atoms with Gasteiger partial charge >= 0.3 is 0 Å². The minimum Gasteiger partial charge on any atom is -0.396 e. The van der Waals surface area contributed by atoms with Crippen molar-refractivity contribution < 1.29 is 18.3 Å². The molecule has 2 aromatic carbocycles. The highest BCUT2D eigenvalue weighted by Gasteiger charge is 2.32. The van der Waals surface area contributed by atoms with Crippen LogP contribution in [0.5, 0.6) is 0 Å². The molecule has 0 radical (unpaired) electrons. The molecule has 0 bridgehead atoms. The molecule has 0 spiro atoms. The Morgan fingerprint density at radius 2 is 1.81 bits per heavy atom. The third-order valence-corrected chi connectivity index (χ3v) is 6.12. The van der Waals surface area contributed by atoms with Crippen molar-refractivity contribution in [3.05, 3.63) is 54.1 Å². The Bertz CT molecular complexity index is 910. The Kier molecular flexibility index (Phi) is 5.94.